The third-order valence-corrected chi connectivity index (χ3v) is 5.32. The second-order valence-corrected chi connectivity index (χ2v) is 7.35. The molecular formula is C24H23N3O4. The largest absolute Gasteiger partial charge is 0.490 e. The zero-order chi connectivity index (χ0) is 21.8. The van der Waals surface area contributed by atoms with Crippen LogP contribution in [0.5, 0.6) is 5.75 Å². The molecular weight excluding hydrogens is 394 g/mol. The van der Waals surface area contributed by atoms with Gasteiger partial charge in [0.05, 0.1) is 18.2 Å². The fraction of sp³-hybridized carbons (Fsp3) is 0.167. The van der Waals surface area contributed by atoms with Crippen LogP contribution < -0.4 is 20.4 Å². The van der Waals surface area contributed by atoms with E-state index in [-0.39, 0.29) is 5.91 Å². The van der Waals surface area contributed by atoms with Gasteiger partial charge < -0.3 is 15.0 Å². The van der Waals surface area contributed by atoms with Gasteiger partial charge in [0.1, 0.15) is 12.4 Å². The number of anilines is 2. The van der Waals surface area contributed by atoms with Crippen molar-refractivity contribution in [3.05, 3.63) is 89.5 Å². The number of ether oxygens (including phenoxy) is 1. The Labute approximate surface area is 180 Å². The van der Waals surface area contributed by atoms with E-state index in [2.05, 4.69) is 10.2 Å². The van der Waals surface area contributed by atoms with Crippen LogP contribution in [-0.2, 0) is 4.79 Å². The summed E-state index contributed by atoms with van der Waals surface area (Å²) in [6, 6.07) is 21.5. The number of nitrogens with one attached hydrogen (secondary N) is 2. The summed E-state index contributed by atoms with van der Waals surface area (Å²) >= 11 is 0. The number of nitrogens with zero attached hydrogens (tertiary/aromatic N) is 1. The molecule has 3 aromatic carbocycles. The Balaban J connectivity index is 1.52. The van der Waals surface area contributed by atoms with E-state index in [1.807, 2.05) is 43.4 Å². The summed E-state index contributed by atoms with van der Waals surface area (Å²) in [7, 11) is 1.99. The number of fused-ring (bicyclic) bond motifs is 1. The van der Waals surface area contributed by atoms with Crippen molar-refractivity contribution in [2.45, 2.75) is 5.92 Å². The fourth-order valence-electron chi connectivity index (χ4n) is 3.67. The highest BCUT2D eigenvalue weighted by molar-refractivity contribution is 6.05. The number of rotatable bonds is 5. The minimum Gasteiger partial charge on any atom is -0.490 e. The first kappa shape index (κ1) is 20.4. The molecule has 158 valence electrons. The highest BCUT2D eigenvalue weighted by Crippen LogP contribution is 2.32. The van der Waals surface area contributed by atoms with Crippen molar-refractivity contribution in [2.75, 3.05) is 30.4 Å². The van der Waals surface area contributed by atoms with E-state index >= 15 is 0 Å². The summed E-state index contributed by atoms with van der Waals surface area (Å²) in [5.41, 5.74) is 5.24. The predicted octanol–water partition coefficient (Wildman–Crippen LogP) is 3.40. The molecule has 4 rings (SSSR count). The number of amides is 2. The maximum absolute atomic E-state index is 12.7. The molecule has 1 aliphatic heterocycles. The van der Waals surface area contributed by atoms with Crippen LogP contribution in [0.2, 0.25) is 0 Å². The molecule has 1 atom stereocenters. The van der Waals surface area contributed by atoms with Crippen molar-refractivity contribution in [3.8, 4) is 5.75 Å². The zero-order valence-electron chi connectivity index (χ0n) is 17.0. The summed E-state index contributed by atoms with van der Waals surface area (Å²) in [6.45, 7) is 1.39. The maximum Gasteiger partial charge on any atom is 0.255 e. The van der Waals surface area contributed by atoms with Crippen LogP contribution in [0.15, 0.2) is 72.8 Å². The average Bonchev–Trinajstić information content (AvgIpc) is 2.81. The smallest absolute Gasteiger partial charge is 0.255 e. The van der Waals surface area contributed by atoms with Crippen LogP contribution in [0.3, 0.4) is 0 Å². The molecule has 3 N–H and O–H groups in total. The molecule has 3 aromatic rings. The van der Waals surface area contributed by atoms with Crippen LogP contribution in [-0.4, -0.2) is 37.2 Å². The fourth-order valence-corrected chi connectivity index (χ4v) is 3.67. The highest BCUT2D eigenvalue weighted by atomic mass is 16.5. The summed E-state index contributed by atoms with van der Waals surface area (Å²) in [5, 5.41) is 12.0. The average molecular weight is 417 g/mol. The Morgan fingerprint density at radius 3 is 2.42 bits per heavy atom. The molecule has 0 aromatic heterocycles. The number of hydrogen-bond donors (Lipinski definition) is 3. The Bertz CT molecular complexity index is 1080. The van der Waals surface area contributed by atoms with E-state index < -0.39 is 11.8 Å². The van der Waals surface area contributed by atoms with Crippen molar-refractivity contribution < 1.29 is 19.5 Å². The van der Waals surface area contributed by atoms with Crippen LogP contribution in [0.4, 0.5) is 11.4 Å². The lowest BCUT2D eigenvalue weighted by Gasteiger charge is -2.27. The number of hydroxylamine groups is 1. The molecule has 0 aliphatic carbocycles. The zero-order valence-corrected chi connectivity index (χ0v) is 17.0. The molecule has 2 amide bonds. The molecule has 1 heterocycles. The lowest BCUT2D eigenvalue weighted by Crippen LogP contribution is -2.29. The summed E-state index contributed by atoms with van der Waals surface area (Å²) in [4.78, 5) is 27.0. The van der Waals surface area contributed by atoms with Crippen LogP contribution >= 0.6 is 0 Å². The molecule has 1 aliphatic rings. The van der Waals surface area contributed by atoms with Gasteiger partial charge in [0.2, 0.25) is 0 Å². The Morgan fingerprint density at radius 1 is 1.00 bits per heavy atom. The van der Waals surface area contributed by atoms with Gasteiger partial charge in [0.25, 0.3) is 11.8 Å². The molecule has 0 bridgehead atoms. The third-order valence-electron chi connectivity index (χ3n) is 5.32. The molecule has 0 spiro atoms. The van der Waals surface area contributed by atoms with E-state index in [1.54, 1.807) is 41.9 Å². The van der Waals surface area contributed by atoms with Crippen molar-refractivity contribution >= 4 is 23.2 Å². The van der Waals surface area contributed by atoms with Gasteiger partial charge in [-0.05, 0) is 41.5 Å². The van der Waals surface area contributed by atoms with Crippen molar-refractivity contribution in [3.63, 3.8) is 0 Å². The predicted molar refractivity (Wildman–Crippen MR) is 118 cm³/mol. The van der Waals surface area contributed by atoms with E-state index in [9.17, 15) is 9.59 Å². The quantitative estimate of drug-likeness (QED) is 0.437. The van der Waals surface area contributed by atoms with Gasteiger partial charge >= 0.3 is 0 Å². The van der Waals surface area contributed by atoms with Crippen molar-refractivity contribution in [2.24, 2.45) is 0 Å². The molecule has 0 saturated carbocycles. The number of likely N-dealkylation sites (N-methyl/N-ethyl adjacent to an activating group) is 1. The van der Waals surface area contributed by atoms with Gasteiger partial charge in [-0.25, -0.2) is 5.48 Å². The SMILES string of the molecule is CN1CCOc2cc(C(=O)Nc3ccc(C(C(=O)NO)c4ccccc4)cc3)ccc21. The van der Waals surface area contributed by atoms with Gasteiger partial charge in [0.15, 0.2) is 0 Å². The topological polar surface area (TPSA) is 90.9 Å². The summed E-state index contributed by atoms with van der Waals surface area (Å²) in [5.74, 6) is -0.745. The van der Waals surface area contributed by atoms with Gasteiger partial charge in [-0.3, -0.25) is 14.8 Å². The lowest BCUT2D eigenvalue weighted by atomic mass is 9.90. The minimum absolute atomic E-state index is 0.250. The Hall–Kier alpha value is -3.84. The molecule has 1 unspecified atom stereocenters. The summed E-state index contributed by atoms with van der Waals surface area (Å²) in [6.07, 6.45) is 0. The standard InChI is InChI=1S/C24H23N3O4/c1-27-13-14-31-21-15-18(9-12-20(21)27)23(28)25-19-10-7-17(8-11-19)22(24(29)26-30)16-5-3-2-4-6-16/h2-12,15,22,30H,13-14H2,1H3,(H,25,28)(H,26,29). The molecule has 0 saturated heterocycles. The Morgan fingerprint density at radius 2 is 1.71 bits per heavy atom. The third kappa shape index (κ3) is 4.36. The van der Waals surface area contributed by atoms with Crippen LogP contribution in [0, 0.1) is 0 Å². The molecule has 0 fully saturated rings. The Kier molecular flexibility index (Phi) is 5.86. The van der Waals surface area contributed by atoms with E-state index in [0.717, 1.165) is 17.8 Å². The minimum atomic E-state index is -0.661. The first-order valence-electron chi connectivity index (χ1n) is 9.95. The number of benzene rings is 3. The molecule has 0 radical (unpaired) electrons. The van der Waals surface area contributed by atoms with Crippen LogP contribution in [0.25, 0.3) is 0 Å². The number of carbonyl (C=O) groups excluding carboxylic acids is 2. The van der Waals surface area contributed by atoms with Crippen molar-refractivity contribution in [1.29, 1.82) is 0 Å². The maximum atomic E-state index is 12.7. The van der Waals surface area contributed by atoms with Gasteiger partial charge in [-0.1, -0.05) is 42.5 Å². The molecule has 31 heavy (non-hydrogen) atoms. The van der Waals surface area contributed by atoms with Crippen molar-refractivity contribution in [1.82, 2.24) is 5.48 Å². The molecule has 7 nitrogen and oxygen atoms in total. The number of hydrogen-bond acceptors (Lipinski definition) is 5. The van der Waals surface area contributed by atoms with E-state index in [0.29, 0.717) is 29.2 Å². The normalized spacial score (nSPS) is 13.5. The summed E-state index contributed by atoms with van der Waals surface area (Å²) < 4.78 is 5.67. The van der Waals surface area contributed by atoms with Gasteiger partial charge in [0, 0.05) is 18.3 Å². The van der Waals surface area contributed by atoms with Crippen LogP contribution in [0.1, 0.15) is 27.4 Å². The van der Waals surface area contributed by atoms with E-state index in [1.165, 1.54) is 0 Å². The second kappa shape index (κ2) is 8.89. The van der Waals surface area contributed by atoms with Gasteiger partial charge in [-0.15, -0.1) is 0 Å². The highest BCUT2D eigenvalue weighted by Gasteiger charge is 2.22. The first-order chi connectivity index (χ1) is 15.1. The lowest BCUT2D eigenvalue weighted by molar-refractivity contribution is -0.129. The van der Waals surface area contributed by atoms with E-state index in [4.69, 9.17) is 9.94 Å². The molecule has 7 heteroatoms. The number of carbonyl (C=O) groups is 2. The second-order valence-electron chi connectivity index (χ2n) is 7.35. The first-order valence-corrected chi connectivity index (χ1v) is 9.95. The monoisotopic (exact) mass is 417 g/mol. The van der Waals surface area contributed by atoms with Gasteiger partial charge in [-0.2, -0.15) is 0 Å².